The van der Waals surface area contributed by atoms with Gasteiger partial charge in [0.15, 0.2) is 0 Å². The second-order valence-corrected chi connectivity index (χ2v) is 7.20. The predicted molar refractivity (Wildman–Crippen MR) is 118 cm³/mol. The number of halogens is 1. The van der Waals surface area contributed by atoms with Crippen molar-refractivity contribution in [3.05, 3.63) is 107 Å². The van der Waals surface area contributed by atoms with Gasteiger partial charge in [0.05, 0.1) is 11.9 Å². The summed E-state index contributed by atoms with van der Waals surface area (Å²) in [4.78, 5) is 12.2. The van der Waals surface area contributed by atoms with Gasteiger partial charge in [-0.05, 0) is 36.4 Å². The number of nitrogens with one attached hydrogen (secondary N) is 1. The predicted octanol–water partition coefficient (Wildman–Crippen LogP) is 5.07. The van der Waals surface area contributed by atoms with Crippen LogP contribution in [0.15, 0.2) is 101 Å². The van der Waals surface area contributed by atoms with Gasteiger partial charge >= 0.3 is 0 Å². The van der Waals surface area contributed by atoms with Gasteiger partial charge in [0.25, 0.3) is 5.91 Å². The molecular formula is C23H17BrN4O. The average molecular weight is 445 g/mol. The zero-order chi connectivity index (χ0) is 20.1. The molecule has 0 aliphatic carbocycles. The van der Waals surface area contributed by atoms with E-state index in [1.54, 1.807) is 23.0 Å². The van der Waals surface area contributed by atoms with E-state index in [1.807, 2.05) is 79.0 Å². The lowest BCUT2D eigenvalue weighted by molar-refractivity contribution is 0.0955. The van der Waals surface area contributed by atoms with Crippen LogP contribution in [0.3, 0.4) is 0 Å². The summed E-state index contributed by atoms with van der Waals surface area (Å²) in [5.41, 5.74) is 6.60. The molecule has 0 unspecified atom stereocenters. The lowest BCUT2D eigenvalue weighted by Crippen LogP contribution is -2.17. The van der Waals surface area contributed by atoms with Crippen molar-refractivity contribution >= 4 is 28.1 Å². The minimum atomic E-state index is -0.262. The highest BCUT2D eigenvalue weighted by Crippen LogP contribution is 2.24. The number of para-hydroxylation sites is 1. The highest BCUT2D eigenvalue weighted by Gasteiger charge is 2.11. The number of benzene rings is 3. The molecule has 0 spiro atoms. The first-order valence-electron chi connectivity index (χ1n) is 9.00. The number of hydrazone groups is 1. The van der Waals surface area contributed by atoms with Crippen molar-refractivity contribution in [1.29, 1.82) is 0 Å². The zero-order valence-electron chi connectivity index (χ0n) is 15.4. The Morgan fingerprint density at radius 2 is 1.59 bits per heavy atom. The number of amides is 1. The molecule has 0 fully saturated rings. The van der Waals surface area contributed by atoms with Crippen molar-refractivity contribution < 1.29 is 4.79 Å². The monoisotopic (exact) mass is 444 g/mol. The summed E-state index contributed by atoms with van der Waals surface area (Å²) in [6, 6.07) is 26.7. The van der Waals surface area contributed by atoms with Crippen LogP contribution in [0, 0.1) is 0 Å². The van der Waals surface area contributed by atoms with Crippen molar-refractivity contribution in [2.75, 3.05) is 0 Å². The van der Waals surface area contributed by atoms with Gasteiger partial charge in [0.2, 0.25) is 0 Å². The summed E-state index contributed by atoms with van der Waals surface area (Å²) in [6.45, 7) is 0. The number of aromatic nitrogens is 2. The maximum Gasteiger partial charge on any atom is 0.271 e. The molecule has 1 heterocycles. The average Bonchev–Trinajstić information content (AvgIpc) is 3.19. The summed E-state index contributed by atoms with van der Waals surface area (Å²) in [6.07, 6.45) is 3.51. The molecule has 0 bridgehead atoms. The smallest absolute Gasteiger partial charge is 0.267 e. The number of carbonyl (C=O) groups is 1. The van der Waals surface area contributed by atoms with E-state index in [2.05, 4.69) is 26.5 Å². The van der Waals surface area contributed by atoms with Crippen LogP contribution in [-0.4, -0.2) is 21.9 Å². The first kappa shape index (κ1) is 18.8. The quantitative estimate of drug-likeness (QED) is 0.345. The maximum atomic E-state index is 12.2. The highest BCUT2D eigenvalue weighted by atomic mass is 79.9. The fourth-order valence-electron chi connectivity index (χ4n) is 2.84. The normalized spacial score (nSPS) is 10.9. The molecule has 1 N–H and O–H groups in total. The molecule has 0 saturated heterocycles. The van der Waals surface area contributed by atoms with Crippen LogP contribution < -0.4 is 5.43 Å². The zero-order valence-corrected chi connectivity index (χ0v) is 17.0. The Morgan fingerprint density at radius 1 is 0.931 bits per heavy atom. The Kier molecular flexibility index (Phi) is 5.63. The fourth-order valence-corrected chi connectivity index (χ4v) is 3.11. The molecule has 6 heteroatoms. The van der Waals surface area contributed by atoms with Crippen molar-refractivity contribution in [3.63, 3.8) is 0 Å². The summed E-state index contributed by atoms with van der Waals surface area (Å²) < 4.78 is 2.80. The Hall–Kier alpha value is -3.51. The van der Waals surface area contributed by atoms with E-state index in [-0.39, 0.29) is 5.91 Å². The van der Waals surface area contributed by atoms with Crippen LogP contribution in [0.5, 0.6) is 0 Å². The third kappa shape index (κ3) is 4.50. The Balaban J connectivity index is 1.64. The number of rotatable bonds is 5. The van der Waals surface area contributed by atoms with Crippen molar-refractivity contribution in [3.8, 4) is 16.9 Å². The van der Waals surface area contributed by atoms with Crippen LogP contribution in [0.4, 0.5) is 0 Å². The lowest BCUT2D eigenvalue weighted by atomic mass is 10.1. The van der Waals surface area contributed by atoms with E-state index in [0.29, 0.717) is 5.56 Å². The fraction of sp³-hybridized carbons (Fsp3) is 0. The molecule has 4 rings (SSSR count). The largest absolute Gasteiger partial charge is 0.271 e. The standard InChI is InChI=1S/C23H17BrN4O/c24-20-13-11-17(12-14-20)22-19(16-28(27-22)21-9-5-2-6-10-21)15-25-26-23(29)18-7-3-1-4-8-18/h1-16H,(H,26,29)/b25-15+. The van der Waals surface area contributed by atoms with Gasteiger partial charge in [0, 0.05) is 27.4 Å². The van der Waals surface area contributed by atoms with Crippen LogP contribution in [0.25, 0.3) is 16.9 Å². The molecule has 4 aromatic rings. The van der Waals surface area contributed by atoms with Gasteiger partial charge in [-0.15, -0.1) is 0 Å². The Labute approximate surface area is 176 Å². The Bertz CT molecular complexity index is 1140. The van der Waals surface area contributed by atoms with Gasteiger partial charge in [-0.2, -0.15) is 10.2 Å². The second kappa shape index (κ2) is 8.67. The molecule has 1 aromatic heterocycles. The summed E-state index contributed by atoms with van der Waals surface area (Å²) >= 11 is 3.46. The van der Waals surface area contributed by atoms with E-state index in [1.165, 1.54) is 0 Å². The van der Waals surface area contributed by atoms with E-state index in [4.69, 9.17) is 5.10 Å². The van der Waals surface area contributed by atoms with E-state index in [9.17, 15) is 4.79 Å². The first-order chi connectivity index (χ1) is 14.2. The highest BCUT2D eigenvalue weighted by molar-refractivity contribution is 9.10. The third-order valence-corrected chi connectivity index (χ3v) is 4.82. The molecule has 142 valence electrons. The minimum absolute atomic E-state index is 0.262. The van der Waals surface area contributed by atoms with E-state index < -0.39 is 0 Å². The molecule has 0 aliphatic heterocycles. The summed E-state index contributed by atoms with van der Waals surface area (Å²) in [5, 5.41) is 8.88. The molecular weight excluding hydrogens is 428 g/mol. The third-order valence-electron chi connectivity index (χ3n) is 4.29. The van der Waals surface area contributed by atoms with E-state index >= 15 is 0 Å². The minimum Gasteiger partial charge on any atom is -0.267 e. The molecule has 0 radical (unpaired) electrons. The molecule has 29 heavy (non-hydrogen) atoms. The molecule has 3 aromatic carbocycles. The van der Waals surface area contributed by atoms with Gasteiger partial charge in [-0.3, -0.25) is 4.79 Å². The molecule has 0 aliphatic rings. The number of carbonyl (C=O) groups excluding carboxylic acids is 1. The van der Waals surface area contributed by atoms with Crippen molar-refractivity contribution in [2.24, 2.45) is 5.10 Å². The van der Waals surface area contributed by atoms with Crippen molar-refractivity contribution in [1.82, 2.24) is 15.2 Å². The van der Waals surface area contributed by atoms with Crippen LogP contribution in [-0.2, 0) is 0 Å². The van der Waals surface area contributed by atoms with Gasteiger partial charge in [-0.25, -0.2) is 10.1 Å². The van der Waals surface area contributed by atoms with E-state index in [0.717, 1.165) is 27.0 Å². The number of nitrogens with zero attached hydrogens (tertiary/aromatic N) is 3. The van der Waals surface area contributed by atoms with Crippen molar-refractivity contribution in [2.45, 2.75) is 0 Å². The van der Waals surface area contributed by atoms with Gasteiger partial charge in [-0.1, -0.05) is 64.5 Å². The SMILES string of the molecule is O=C(N/N=C/c1cn(-c2ccccc2)nc1-c1ccc(Br)cc1)c1ccccc1. The maximum absolute atomic E-state index is 12.2. The first-order valence-corrected chi connectivity index (χ1v) is 9.79. The number of hydrogen-bond acceptors (Lipinski definition) is 3. The summed E-state index contributed by atoms with van der Waals surface area (Å²) in [5.74, 6) is -0.262. The van der Waals surface area contributed by atoms with Gasteiger partial charge < -0.3 is 0 Å². The van der Waals surface area contributed by atoms with Crippen LogP contribution >= 0.6 is 15.9 Å². The Morgan fingerprint density at radius 3 is 2.28 bits per heavy atom. The second-order valence-electron chi connectivity index (χ2n) is 6.29. The molecule has 1 amide bonds. The van der Waals surface area contributed by atoms with Crippen LogP contribution in [0.1, 0.15) is 15.9 Å². The number of hydrogen-bond donors (Lipinski definition) is 1. The summed E-state index contributed by atoms with van der Waals surface area (Å²) in [7, 11) is 0. The molecule has 0 atom stereocenters. The van der Waals surface area contributed by atoms with Crippen LogP contribution in [0.2, 0.25) is 0 Å². The topological polar surface area (TPSA) is 59.3 Å². The molecule has 0 saturated carbocycles. The van der Waals surface area contributed by atoms with Gasteiger partial charge in [0.1, 0.15) is 5.69 Å². The molecule has 5 nitrogen and oxygen atoms in total. The lowest BCUT2D eigenvalue weighted by Gasteiger charge is -2.01.